The van der Waals surface area contributed by atoms with E-state index in [1.807, 2.05) is 6.92 Å². The molecule has 1 unspecified atom stereocenters. The highest BCUT2D eigenvalue weighted by atomic mass is 19.1. The number of halogens is 1. The first-order chi connectivity index (χ1) is 9.04. The molecule has 0 spiro atoms. The number of benzene rings is 1. The summed E-state index contributed by atoms with van der Waals surface area (Å²) >= 11 is 0. The molecule has 1 aliphatic heterocycles. The van der Waals surface area contributed by atoms with Crippen LogP contribution < -0.4 is 10.2 Å². The van der Waals surface area contributed by atoms with E-state index in [9.17, 15) is 19.1 Å². The molecule has 0 fully saturated rings. The van der Waals surface area contributed by atoms with Crippen LogP contribution >= 0.6 is 0 Å². The lowest BCUT2D eigenvalue weighted by Gasteiger charge is -2.20. The number of carbonyl (C=O) groups is 2. The fraction of sp³-hybridized carbons (Fsp3) is 0.385. The summed E-state index contributed by atoms with van der Waals surface area (Å²) in [4.78, 5) is 24.7. The first kappa shape index (κ1) is 13.6. The third-order valence-corrected chi connectivity index (χ3v) is 2.96. The van der Waals surface area contributed by atoms with E-state index in [1.54, 1.807) is 0 Å². The average Bonchev–Trinajstić information content (AvgIpc) is 2.61. The lowest BCUT2D eigenvalue weighted by atomic mass is 10.1. The molecule has 1 aromatic carbocycles. The van der Waals surface area contributed by atoms with Gasteiger partial charge in [0.1, 0.15) is 5.82 Å². The topological polar surface area (TPSA) is 69.6 Å². The van der Waals surface area contributed by atoms with Crippen LogP contribution in [0.2, 0.25) is 0 Å². The number of hydrogen-bond donors (Lipinski definition) is 2. The van der Waals surface area contributed by atoms with Crippen LogP contribution in [-0.2, 0) is 4.79 Å². The number of hydrogen-bond acceptors (Lipinski definition) is 4. The van der Waals surface area contributed by atoms with Crippen molar-refractivity contribution in [2.24, 2.45) is 0 Å². The van der Waals surface area contributed by atoms with Crippen LogP contribution in [0.15, 0.2) is 18.2 Å². The van der Waals surface area contributed by atoms with Crippen LogP contribution in [0.3, 0.4) is 0 Å². The minimum atomic E-state index is -0.785. The largest absolute Gasteiger partial charge is 0.390 e. The molecule has 1 amide bonds. The summed E-state index contributed by atoms with van der Waals surface area (Å²) in [6.07, 6.45) is -0.785. The molecule has 0 saturated heterocycles. The van der Waals surface area contributed by atoms with E-state index in [0.717, 1.165) is 6.07 Å². The number of nitrogens with one attached hydrogen (secondary N) is 1. The monoisotopic (exact) mass is 266 g/mol. The number of aliphatic hydroxyl groups is 1. The zero-order valence-corrected chi connectivity index (χ0v) is 10.5. The van der Waals surface area contributed by atoms with Gasteiger partial charge in [-0.15, -0.1) is 0 Å². The molecule has 0 saturated carbocycles. The lowest BCUT2D eigenvalue weighted by Crippen LogP contribution is -2.40. The third kappa shape index (κ3) is 2.64. The number of likely N-dealkylation sites (N-methyl/N-ethyl adjacent to an activating group) is 1. The van der Waals surface area contributed by atoms with Gasteiger partial charge < -0.3 is 15.3 Å². The van der Waals surface area contributed by atoms with Crippen molar-refractivity contribution in [1.29, 1.82) is 0 Å². The Hall–Kier alpha value is -1.79. The average molecular weight is 266 g/mol. The van der Waals surface area contributed by atoms with Gasteiger partial charge in [0.05, 0.1) is 23.9 Å². The van der Waals surface area contributed by atoms with E-state index in [-0.39, 0.29) is 12.1 Å². The summed E-state index contributed by atoms with van der Waals surface area (Å²) in [5, 5.41) is 12.7. The van der Waals surface area contributed by atoms with Crippen LogP contribution in [0.1, 0.15) is 17.3 Å². The molecule has 1 aromatic rings. The maximum absolute atomic E-state index is 13.1. The molecule has 1 atom stereocenters. The molecule has 0 bridgehead atoms. The van der Waals surface area contributed by atoms with Crippen LogP contribution in [0.4, 0.5) is 10.1 Å². The Kier molecular flexibility index (Phi) is 3.92. The number of fused-ring (bicyclic) bond motifs is 1. The molecule has 5 nitrogen and oxygen atoms in total. The number of Topliss-reactive ketones (excluding diaryl/α,β-unsaturated/α-hetero) is 1. The van der Waals surface area contributed by atoms with Crippen LogP contribution in [0.25, 0.3) is 0 Å². The Morgan fingerprint density at radius 2 is 2.16 bits per heavy atom. The van der Waals surface area contributed by atoms with E-state index in [2.05, 4.69) is 5.32 Å². The van der Waals surface area contributed by atoms with Gasteiger partial charge in [0, 0.05) is 6.54 Å². The van der Waals surface area contributed by atoms with Crippen molar-refractivity contribution in [2.75, 3.05) is 24.5 Å². The molecule has 19 heavy (non-hydrogen) atoms. The Bertz CT molecular complexity index is 519. The zero-order valence-electron chi connectivity index (χ0n) is 10.5. The van der Waals surface area contributed by atoms with Crippen molar-refractivity contribution in [3.05, 3.63) is 29.6 Å². The van der Waals surface area contributed by atoms with Crippen molar-refractivity contribution in [2.45, 2.75) is 13.0 Å². The number of rotatable bonds is 5. The lowest BCUT2D eigenvalue weighted by molar-refractivity contribution is -0.114. The molecule has 0 radical (unpaired) electrons. The van der Waals surface area contributed by atoms with Crippen LogP contribution in [0, 0.1) is 5.82 Å². The van der Waals surface area contributed by atoms with Crippen molar-refractivity contribution in [3.63, 3.8) is 0 Å². The third-order valence-electron chi connectivity index (χ3n) is 2.96. The van der Waals surface area contributed by atoms with Gasteiger partial charge in [0.2, 0.25) is 0 Å². The molecule has 0 aliphatic carbocycles. The number of carbonyl (C=O) groups excluding carboxylic acids is 2. The first-order valence-corrected chi connectivity index (χ1v) is 6.09. The van der Waals surface area contributed by atoms with E-state index in [4.69, 9.17) is 0 Å². The van der Waals surface area contributed by atoms with Crippen molar-refractivity contribution in [3.8, 4) is 0 Å². The quantitative estimate of drug-likeness (QED) is 0.753. The van der Waals surface area contributed by atoms with E-state index in [1.165, 1.54) is 17.0 Å². The second-order valence-electron chi connectivity index (χ2n) is 4.37. The SMILES string of the molecule is CCNCC(O)CN1C(=O)C(=O)c2cc(F)ccc21. The molecule has 0 aromatic heterocycles. The number of nitrogens with zero attached hydrogens (tertiary/aromatic N) is 1. The van der Waals surface area contributed by atoms with Gasteiger partial charge >= 0.3 is 0 Å². The van der Waals surface area contributed by atoms with Gasteiger partial charge in [-0.2, -0.15) is 0 Å². The van der Waals surface area contributed by atoms with Crippen molar-refractivity contribution < 1.29 is 19.1 Å². The highest BCUT2D eigenvalue weighted by Crippen LogP contribution is 2.29. The molecular formula is C13H15FN2O3. The zero-order chi connectivity index (χ0) is 14.0. The number of amides is 1. The summed E-state index contributed by atoms with van der Waals surface area (Å²) in [6.45, 7) is 2.93. The maximum atomic E-state index is 13.1. The van der Waals surface area contributed by atoms with Gasteiger partial charge in [-0.1, -0.05) is 6.92 Å². The van der Waals surface area contributed by atoms with Gasteiger partial charge in [0.15, 0.2) is 0 Å². The Morgan fingerprint density at radius 1 is 1.42 bits per heavy atom. The number of ketones is 1. The molecule has 1 heterocycles. The maximum Gasteiger partial charge on any atom is 0.299 e. The molecular weight excluding hydrogens is 251 g/mol. The minimum Gasteiger partial charge on any atom is -0.390 e. The normalized spacial score (nSPS) is 15.8. The second kappa shape index (κ2) is 5.46. The molecule has 102 valence electrons. The molecule has 2 rings (SSSR count). The van der Waals surface area contributed by atoms with Gasteiger partial charge in [-0.05, 0) is 24.7 Å². The fourth-order valence-electron chi connectivity index (χ4n) is 2.04. The van der Waals surface area contributed by atoms with Crippen molar-refractivity contribution >= 4 is 17.4 Å². The summed E-state index contributed by atoms with van der Waals surface area (Å²) in [5.41, 5.74) is 0.410. The number of anilines is 1. The fourth-order valence-corrected chi connectivity index (χ4v) is 2.04. The molecule has 1 aliphatic rings. The highest BCUT2D eigenvalue weighted by molar-refractivity contribution is 6.52. The Morgan fingerprint density at radius 3 is 2.84 bits per heavy atom. The van der Waals surface area contributed by atoms with Crippen molar-refractivity contribution in [1.82, 2.24) is 5.32 Å². The van der Waals surface area contributed by atoms with Gasteiger partial charge in [-0.25, -0.2) is 4.39 Å². The second-order valence-corrected chi connectivity index (χ2v) is 4.37. The Balaban J connectivity index is 2.19. The van der Waals surface area contributed by atoms with Gasteiger partial charge in [-0.3, -0.25) is 9.59 Å². The summed E-state index contributed by atoms with van der Waals surface area (Å²) in [5.74, 6) is -2.02. The summed E-state index contributed by atoms with van der Waals surface area (Å²) in [6, 6.07) is 3.62. The standard InChI is InChI=1S/C13H15FN2O3/c1-2-15-6-9(17)7-16-11-4-3-8(14)5-10(11)12(18)13(16)19/h3-5,9,15,17H,2,6-7H2,1H3. The highest BCUT2D eigenvalue weighted by Gasteiger charge is 2.36. The summed E-state index contributed by atoms with van der Waals surface area (Å²) < 4.78 is 13.1. The summed E-state index contributed by atoms with van der Waals surface area (Å²) in [7, 11) is 0. The Labute approximate surface area is 110 Å². The molecule has 6 heteroatoms. The van der Waals surface area contributed by atoms with E-state index in [0.29, 0.717) is 18.8 Å². The minimum absolute atomic E-state index is 0.0101. The number of aliphatic hydroxyl groups excluding tert-OH is 1. The number of β-amino-alcohol motifs (C(OH)–C–C–N with tert-alkyl or cyclic N) is 1. The van der Waals surface area contributed by atoms with Gasteiger partial charge in [0.25, 0.3) is 11.7 Å². The van der Waals surface area contributed by atoms with E-state index >= 15 is 0 Å². The first-order valence-electron chi connectivity index (χ1n) is 6.09. The van der Waals surface area contributed by atoms with E-state index < -0.39 is 23.6 Å². The predicted molar refractivity (Wildman–Crippen MR) is 67.6 cm³/mol. The molecule has 2 N–H and O–H groups in total. The predicted octanol–water partition coefficient (Wildman–Crippen LogP) is 0.325. The smallest absolute Gasteiger partial charge is 0.299 e. The van der Waals surface area contributed by atoms with Crippen LogP contribution in [-0.4, -0.2) is 42.5 Å². The van der Waals surface area contributed by atoms with Crippen LogP contribution in [0.5, 0.6) is 0 Å².